The Morgan fingerprint density at radius 2 is 1.73 bits per heavy atom. The van der Waals surface area contributed by atoms with Crippen LogP contribution in [0.1, 0.15) is 41.5 Å². The highest BCUT2D eigenvalue weighted by molar-refractivity contribution is 5.99. The van der Waals surface area contributed by atoms with Gasteiger partial charge in [-0.1, -0.05) is 36.4 Å². The molecule has 0 fully saturated rings. The molecule has 1 amide bonds. The lowest BCUT2D eigenvalue weighted by molar-refractivity contribution is 0.0688. The normalized spacial score (nSPS) is 14.5. The number of nitrogens with zero attached hydrogens (tertiary/aromatic N) is 6. The summed E-state index contributed by atoms with van der Waals surface area (Å²) in [5, 5.41) is 25.3. The summed E-state index contributed by atoms with van der Waals surface area (Å²) in [7, 11) is 1.77. The topological polar surface area (TPSA) is 142 Å². The molecule has 1 aliphatic heterocycles. The maximum absolute atomic E-state index is 12.6. The Morgan fingerprint density at radius 1 is 0.951 bits per heavy atom. The Kier molecular flexibility index (Phi) is 6.64. The lowest BCUT2D eigenvalue weighted by Gasteiger charge is -2.27. The van der Waals surface area contributed by atoms with E-state index >= 15 is 0 Å². The van der Waals surface area contributed by atoms with Crippen LogP contribution in [0, 0.1) is 0 Å². The van der Waals surface area contributed by atoms with E-state index in [4.69, 9.17) is 9.40 Å². The first-order valence-corrected chi connectivity index (χ1v) is 13.1. The third-order valence-electron chi connectivity index (χ3n) is 7.26. The van der Waals surface area contributed by atoms with Gasteiger partial charge in [0.1, 0.15) is 17.3 Å². The van der Waals surface area contributed by atoms with Crippen molar-refractivity contribution in [3.63, 3.8) is 0 Å². The number of benzene rings is 1. The summed E-state index contributed by atoms with van der Waals surface area (Å²) in [5.41, 5.74) is 3.36. The predicted molar refractivity (Wildman–Crippen MR) is 153 cm³/mol. The number of rotatable bonds is 8. The second-order valence-electron chi connectivity index (χ2n) is 10.2. The molecule has 0 aliphatic carbocycles. The lowest BCUT2D eigenvalue weighted by atomic mass is 10.00. The quantitative estimate of drug-likeness (QED) is 0.247. The first kappa shape index (κ1) is 26.1. The van der Waals surface area contributed by atoms with E-state index in [9.17, 15) is 9.90 Å². The molecule has 11 heteroatoms. The third-order valence-corrected chi connectivity index (χ3v) is 7.26. The molecule has 3 N–H and O–H groups in total. The van der Waals surface area contributed by atoms with Crippen LogP contribution >= 0.6 is 0 Å². The van der Waals surface area contributed by atoms with E-state index in [1.54, 1.807) is 48.6 Å². The van der Waals surface area contributed by atoms with Crippen LogP contribution < -0.4 is 10.6 Å². The van der Waals surface area contributed by atoms with Gasteiger partial charge >= 0.3 is 0 Å². The summed E-state index contributed by atoms with van der Waals surface area (Å²) >= 11 is 0. The predicted octanol–water partition coefficient (Wildman–Crippen LogP) is 4.80. The molecule has 0 saturated heterocycles. The molecule has 206 valence electrons. The van der Waals surface area contributed by atoms with Gasteiger partial charge in [0.15, 0.2) is 0 Å². The van der Waals surface area contributed by atoms with Gasteiger partial charge in [0.25, 0.3) is 17.7 Å². The van der Waals surface area contributed by atoms with Crippen molar-refractivity contribution in [2.24, 2.45) is 0 Å². The number of aliphatic hydroxyl groups excluding tert-OH is 1. The highest BCUT2D eigenvalue weighted by atomic mass is 16.4. The van der Waals surface area contributed by atoms with Crippen LogP contribution in [0.15, 0.2) is 83.5 Å². The van der Waals surface area contributed by atoms with Crippen LogP contribution in [-0.2, 0) is 5.54 Å². The van der Waals surface area contributed by atoms with Gasteiger partial charge in [0.05, 0.1) is 40.7 Å². The Morgan fingerprint density at radius 3 is 2.49 bits per heavy atom. The van der Waals surface area contributed by atoms with Crippen molar-refractivity contribution < 1.29 is 14.3 Å². The van der Waals surface area contributed by atoms with E-state index < -0.39 is 11.6 Å². The second-order valence-corrected chi connectivity index (χ2v) is 10.2. The van der Waals surface area contributed by atoms with Gasteiger partial charge in [-0.25, -0.2) is 9.97 Å². The molecule has 41 heavy (non-hydrogen) atoms. The molecule has 1 atom stereocenters. The molecular formula is C30H28N8O3. The Labute approximate surface area is 236 Å². The molecule has 1 aliphatic rings. The monoisotopic (exact) mass is 548 g/mol. The Bertz CT molecular complexity index is 1710. The number of hydrogen-bond donors (Lipinski definition) is 3. The minimum absolute atomic E-state index is 0.0569. The third kappa shape index (κ3) is 4.87. The van der Waals surface area contributed by atoms with Crippen LogP contribution in [0.2, 0.25) is 0 Å². The number of fused-ring (bicyclic) bond motifs is 1. The summed E-state index contributed by atoms with van der Waals surface area (Å²) in [6.45, 7) is 3.77. The van der Waals surface area contributed by atoms with Gasteiger partial charge in [-0.05, 0) is 43.7 Å². The largest absolute Gasteiger partial charge is 0.414 e. The number of aliphatic hydroxyl groups is 1. The highest BCUT2D eigenvalue weighted by Gasteiger charge is 2.42. The summed E-state index contributed by atoms with van der Waals surface area (Å²) in [5.74, 6) is 1.51. The number of anilines is 3. The second kappa shape index (κ2) is 10.4. The number of aromatic nitrogens is 5. The minimum Gasteiger partial charge on any atom is -0.414 e. The molecule has 5 aromatic rings. The molecule has 11 nitrogen and oxygen atoms in total. The molecular weight excluding hydrogens is 520 g/mol. The number of hydrogen-bond acceptors (Lipinski definition) is 10. The molecule has 0 saturated carbocycles. The fourth-order valence-electron chi connectivity index (χ4n) is 4.74. The van der Waals surface area contributed by atoms with E-state index in [1.807, 2.05) is 56.3 Å². The smallest absolute Gasteiger partial charge is 0.266 e. The van der Waals surface area contributed by atoms with E-state index in [0.717, 1.165) is 5.56 Å². The molecule has 0 spiro atoms. The standard InChI is InChI=1S/C30H28N8O3/c1-30(2)26-19(29(40)38(30)3)12-13-24(35-26)34-25-15-22(33-23(17-39)18-9-5-4-6-10-18)20(16-32-25)27-36-37-28(41-27)21-11-7-8-14-31-21/h4-16,23,39H,17H2,1-3H3,(H2,32,33,34,35)/t23-/m1/s1. The van der Waals surface area contributed by atoms with Crippen molar-refractivity contribution in [2.45, 2.75) is 25.4 Å². The van der Waals surface area contributed by atoms with Gasteiger partial charge in [-0.15, -0.1) is 10.2 Å². The molecule has 0 unspecified atom stereocenters. The first-order chi connectivity index (χ1) is 19.8. The van der Waals surface area contributed by atoms with Crippen molar-refractivity contribution in [2.75, 3.05) is 24.3 Å². The van der Waals surface area contributed by atoms with Crippen molar-refractivity contribution in [1.29, 1.82) is 0 Å². The minimum atomic E-state index is -0.540. The zero-order valence-corrected chi connectivity index (χ0v) is 22.7. The van der Waals surface area contributed by atoms with Crippen LogP contribution in [0.5, 0.6) is 0 Å². The van der Waals surface area contributed by atoms with Crippen LogP contribution in [0.4, 0.5) is 17.3 Å². The van der Waals surface area contributed by atoms with E-state index in [2.05, 4.69) is 30.8 Å². The SMILES string of the molecule is CN1C(=O)c2ccc(Nc3cc(N[C@H](CO)c4ccccc4)c(-c4nnc(-c5ccccn5)o4)cn3)nc2C1(C)C. The van der Waals surface area contributed by atoms with Crippen molar-refractivity contribution in [3.05, 3.63) is 95.9 Å². The molecule has 0 bridgehead atoms. The number of carbonyl (C=O) groups is 1. The zero-order valence-electron chi connectivity index (χ0n) is 22.7. The van der Waals surface area contributed by atoms with E-state index in [0.29, 0.717) is 39.8 Å². The van der Waals surface area contributed by atoms with Gasteiger partial charge < -0.3 is 25.1 Å². The number of nitrogens with one attached hydrogen (secondary N) is 2. The van der Waals surface area contributed by atoms with Crippen LogP contribution in [0.3, 0.4) is 0 Å². The molecule has 0 radical (unpaired) electrons. The first-order valence-electron chi connectivity index (χ1n) is 13.1. The van der Waals surface area contributed by atoms with Crippen molar-refractivity contribution in [1.82, 2.24) is 30.0 Å². The summed E-state index contributed by atoms with van der Waals surface area (Å²) < 4.78 is 5.97. The van der Waals surface area contributed by atoms with Gasteiger partial charge in [0, 0.05) is 25.5 Å². The number of carbonyl (C=O) groups excluding carboxylic acids is 1. The van der Waals surface area contributed by atoms with E-state index in [-0.39, 0.29) is 24.3 Å². The van der Waals surface area contributed by atoms with Gasteiger partial charge in [-0.2, -0.15) is 0 Å². The fourth-order valence-corrected chi connectivity index (χ4v) is 4.74. The lowest BCUT2D eigenvalue weighted by Crippen LogP contribution is -2.35. The van der Waals surface area contributed by atoms with Crippen molar-refractivity contribution in [3.8, 4) is 23.0 Å². The molecule has 5 heterocycles. The fraction of sp³-hybridized carbons (Fsp3) is 0.200. The zero-order chi connectivity index (χ0) is 28.6. The van der Waals surface area contributed by atoms with Crippen molar-refractivity contribution >= 4 is 23.2 Å². The molecule has 1 aromatic carbocycles. The van der Waals surface area contributed by atoms with Crippen LogP contribution in [-0.4, -0.2) is 54.7 Å². The maximum atomic E-state index is 12.6. The number of pyridine rings is 3. The Balaban J connectivity index is 1.36. The van der Waals surface area contributed by atoms with E-state index in [1.165, 1.54) is 0 Å². The maximum Gasteiger partial charge on any atom is 0.266 e. The average Bonchev–Trinajstić information content (AvgIpc) is 3.55. The summed E-state index contributed by atoms with van der Waals surface area (Å²) in [4.78, 5) is 27.9. The van der Waals surface area contributed by atoms with Gasteiger partial charge in [-0.3, -0.25) is 9.78 Å². The Hall–Kier alpha value is -5.16. The highest BCUT2D eigenvalue weighted by Crippen LogP contribution is 2.38. The van der Waals surface area contributed by atoms with Gasteiger partial charge in [0.2, 0.25) is 0 Å². The summed E-state index contributed by atoms with van der Waals surface area (Å²) in [6.07, 6.45) is 3.27. The average molecular weight is 549 g/mol. The molecule has 6 rings (SSSR count). The molecule has 4 aromatic heterocycles. The summed E-state index contributed by atoms with van der Waals surface area (Å²) in [6, 6.07) is 20.0. The van der Waals surface area contributed by atoms with Crippen LogP contribution in [0.25, 0.3) is 23.0 Å². The number of amides is 1.